The van der Waals surface area contributed by atoms with Gasteiger partial charge < -0.3 is 9.64 Å². The van der Waals surface area contributed by atoms with Gasteiger partial charge in [0.2, 0.25) is 0 Å². The number of alkyl halides is 3. The van der Waals surface area contributed by atoms with Crippen molar-refractivity contribution >= 4 is 50.0 Å². The fourth-order valence-corrected chi connectivity index (χ4v) is 5.32. The highest BCUT2D eigenvalue weighted by Gasteiger charge is 2.41. The van der Waals surface area contributed by atoms with Crippen LogP contribution in [0.3, 0.4) is 0 Å². The molecule has 0 bridgehead atoms. The van der Waals surface area contributed by atoms with Crippen LogP contribution < -0.4 is 9.64 Å². The van der Waals surface area contributed by atoms with Crippen LogP contribution in [0.2, 0.25) is 0 Å². The van der Waals surface area contributed by atoms with Crippen molar-refractivity contribution in [2.24, 2.45) is 0 Å². The maximum Gasteiger partial charge on any atom is 0.329 e. The Morgan fingerprint density at radius 1 is 1.29 bits per heavy atom. The van der Waals surface area contributed by atoms with E-state index in [9.17, 15) is 13.6 Å². The number of carbonyl (C=O) groups excluding carboxylic acids is 1. The predicted molar refractivity (Wildman–Crippen MR) is 131 cm³/mol. The Bertz CT molecular complexity index is 1020. The van der Waals surface area contributed by atoms with E-state index in [-0.39, 0.29) is 12.2 Å². The highest BCUT2D eigenvalue weighted by Crippen LogP contribution is 2.50. The van der Waals surface area contributed by atoms with Crippen LogP contribution in [0.1, 0.15) is 47.7 Å². The van der Waals surface area contributed by atoms with E-state index in [2.05, 4.69) is 52.9 Å². The number of carbonyl (C=O) groups is 1. The summed E-state index contributed by atoms with van der Waals surface area (Å²) in [5, 5.41) is 0. The monoisotopic (exact) mass is 601 g/mol. The normalized spacial score (nSPS) is 19.6. The third-order valence-corrected chi connectivity index (χ3v) is 6.69. The number of rotatable bonds is 7. The van der Waals surface area contributed by atoms with Crippen molar-refractivity contribution in [3.8, 4) is 5.75 Å². The summed E-state index contributed by atoms with van der Waals surface area (Å²) in [7, 11) is 0. The summed E-state index contributed by atoms with van der Waals surface area (Å²) >= 11 is 4.76. The molecule has 0 N–H and O–H groups in total. The molecule has 1 heterocycles. The molecule has 0 aromatic heterocycles. The van der Waals surface area contributed by atoms with E-state index in [0.29, 0.717) is 29.3 Å². The molecule has 0 radical (unpaired) electrons. The summed E-state index contributed by atoms with van der Waals surface area (Å²) in [6.07, 6.45) is 5.74. The van der Waals surface area contributed by atoms with Gasteiger partial charge in [0.25, 0.3) is 0 Å². The van der Waals surface area contributed by atoms with Crippen molar-refractivity contribution < 1.29 is 18.3 Å². The molecule has 4 rings (SSSR count). The molecule has 2 aromatic rings. The molecular weight excluding hydrogens is 579 g/mol. The fourth-order valence-electron chi connectivity index (χ4n) is 4.48. The Hall–Kier alpha value is -1.48. The van der Waals surface area contributed by atoms with E-state index in [1.54, 1.807) is 24.3 Å². The minimum atomic E-state index is -2.91. The van der Waals surface area contributed by atoms with Crippen molar-refractivity contribution in [1.29, 1.82) is 0 Å². The lowest BCUT2D eigenvalue weighted by Gasteiger charge is -2.30. The maximum atomic E-state index is 13.0. The Morgan fingerprint density at radius 3 is 2.65 bits per heavy atom. The number of ketones is 1. The van der Waals surface area contributed by atoms with Crippen molar-refractivity contribution in [1.82, 2.24) is 0 Å². The Morgan fingerprint density at radius 2 is 2.00 bits per heavy atom. The molecule has 0 saturated heterocycles. The van der Waals surface area contributed by atoms with E-state index >= 15 is 0 Å². The predicted octanol–water partition coefficient (Wildman–Crippen LogP) is 6.92. The summed E-state index contributed by atoms with van der Waals surface area (Å²) in [6, 6.07) is 11.4. The summed E-state index contributed by atoms with van der Waals surface area (Å²) in [5.41, 5.74) is 3.93. The number of fused-ring (bicyclic) bond motifs is 3. The average Bonchev–Trinajstić information content (AvgIpc) is 3.28. The molecule has 1 aliphatic heterocycles. The standard InChI is InChI=1S/C24H23BrF2INO2/c1-14(2)29-21-5-3-4-18(21)19-11-16(12-20(25)23(19)29)22(30)10-15-6-8-17(9-7-15)31-13-24(26,27)28/h3,5-9,11-12,14,18,21H,4,10,13H2,1-2H3. The van der Waals surface area contributed by atoms with E-state index in [0.717, 1.165) is 39.0 Å². The molecule has 1 aliphatic carbocycles. The fraction of sp³-hybridized carbons (Fsp3) is 0.375. The van der Waals surface area contributed by atoms with Crippen molar-refractivity contribution in [3.63, 3.8) is 0 Å². The molecule has 0 fully saturated rings. The van der Waals surface area contributed by atoms with E-state index in [4.69, 9.17) is 4.74 Å². The van der Waals surface area contributed by atoms with Crippen LogP contribution in [0.5, 0.6) is 5.75 Å². The lowest BCUT2D eigenvalue weighted by Crippen LogP contribution is -2.36. The number of halogens is 4. The van der Waals surface area contributed by atoms with Crippen molar-refractivity contribution in [2.75, 3.05) is 11.5 Å². The molecule has 164 valence electrons. The number of Topliss-reactive ketones (excluding diaryl/α,β-unsaturated/α-hetero) is 1. The summed E-state index contributed by atoms with van der Waals surface area (Å²) < 4.78 is 29.0. The van der Waals surface area contributed by atoms with Gasteiger partial charge in [0.1, 0.15) is 5.75 Å². The van der Waals surface area contributed by atoms with Gasteiger partial charge in [0, 0.05) is 51.0 Å². The second kappa shape index (κ2) is 8.81. The third-order valence-electron chi connectivity index (χ3n) is 5.78. The lowest BCUT2D eigenvalue weighted by molar-refractivity contribution is 0.0647. The number of hydrogen-bond donors (Lipinski definition) is 0. The topological polar surface area (TPSA) is 29.5 Å². The number of nitrogens with zero attached hydrogens (tertiary/aromatic N) is 1. The molecule has 0 spiro atoms. The van der Waals surface area contributed by atoms with Crippen LogP contribution in [0.4, 0.5) is 14.5 Å². The number of anilines is 1. The van der Waals surface area contributed by atoms with Crippen LogP contribution in [0.25, 0.3) is 0 Å². The quantitative estimate of drug-likeness (QED) is 0.149. The first kappa shape index (κ1) is 22.7. The molecular formula is C24H23BrF2INO2. The lowest BCUT2D eigenvalue weighted by atomic mass is 9.93. The molecule has 31 heavy (non-hydrogen) atoms. The van der Waals surface area contributed by atoms with Gasteiger partial charge in [-0.25, -0.2) is 0 Å². The molecule has 2 unspecified atom stereocenters. The number of hydrogen-bond acceptors (Lipinski definition) is 3. The first-order valence-electron chi connectivity index (χ1n) is 10.2. The first-order chi connectivity index (χ1) is 14.6. The molecule has 3 nitrogen and oxygen atoms in total. The van der Waals surface area contributed by atoms with Crippen LogP contribution in [-0.2, 0) is 6.42 Å². The minimum absolute atomic E-state index is 0.0291. The number of allylic oxidation sites excluding steroid dienone is 1. The molecule has 0 amide bonds. The van der Waals surface area contributed by atoms with Crippen LogP contribution in [0, 0.1) is 0 Å². The summed E-state index contributed by atoms with van der Waals surface area (Å²) in [4.78, 5) is 15.5. The van der Waals surface area contributed by atoms with Crippen LogP contribution in [0.15, 0.2) is 53.0 Å². The molecule has 7 heteroatoms. The Kier molecular flexibility index (Phi) is 6.45. The van der Waals surface area contributed by atoms with Gasteiger partial charge in [-0.2, -0.15) is 8.78 Å². The average molecular weight is 602 g/mol. The highest BCUT2D eigenvalue weighted by molar-refractivity contribution is 14.1. The van der Waals surface area contributed by atoms with Gasteiger partial charge >= 0.3 is 3.93 Å². The largest absolute Gasteiger partial charge is 0.486 e. The van der Waals surface area contributed by atoms with E-state index in [1.165, 1.54) is 11.3 Å². The zero-order valence-corrected chi connectivity index (χ0v) is 21.0. The second-order valence-electron chi connectivity index (χ2n) is 8.31. The van der Waals surface area contributed by atoms with Gasteiger partial charge in [0.05, 0.1) is 11.7 Å². The molecule has 2 aromatic carbocycles. The SMILES string of the molecule is CC(C)N1c2c(Br)cc(C(=O)Cc3ccc(OCC(F)(F)I)cc3)cc2C2CC=CC21. The Balaban J connectivity index is 1.52. The van der Waals surface area contributed by atoms with Gasteiger partial charge in [-0.15, -0.1) is 0 Å². The smallest absolute Gasteiger partial charge is 0.329 e. The van der Waals surface area contributed by atoms with Crippen LogP contribution >= 0.6 is 38.5 Å². The highest BCUT2D eigenvalue weighted by atomic mass is 127. The summed E-state index contributed by atoms with van der Waals surface area (Å²) in [6.45, 7) is 3.70. The second-order valence-corrected chi connectivity index (χ2v) is 10.7. The van der Waals surface area contributed by atoms with Crippen molar-refractivity contribution in [2.45, 2.75) is 48.6 Å². The van der Waals surface area contributed by atoms with Gasteiger partial charge in [-0.1, -0.05) is 24.3 Å². The zero-order chi connectivity index (χ0) is 22.3. The van der Waals surface area contributed by atoms with Gasteiger partial charge in [-0.05, 0) is 71.6 Å². The number of ether oxygens (including phenoxy) is 1. The Labute approximate surface area is 203 Å². The molecule has 0 saturated carbocycles. The van der Waals surface area contributed by atoms with E-state index < -0.39 is 10.5 Å². The van der Waals surface area contributed by atoms with Gasteiger partial charge in [-0.3, -0.25) is 4.79 Å². The summed E-state index contributed by atoms with van der Waals surface area (Å²) in [5.74, 6) is 0.775. The van der Waals surface area contributed by atoms with Crippen molar-refractivity contribution in [3.05, 3.63) is 69.7 Å². The third kappa shape index (κ3) is 4.82. The zero-order valence-electron chi connectivity index (χ0n) is 17.2. The molecule has 2 aliphatic rings. The maximum absolute atomic E-state index is 13.0. The number of benzene rings is 2. The van der Waals surface area contributed by atoms with Gasteiger partial charge in [0.15, 0.2) is 12.4 Å². The van der Waals surface area contributed by atoms with Crippen LogP contribution in [-0.4, -0.2) is 28.4 Å². The van der Waals surface area contributed by atoms with E-state index in [1.807, 2.05) is 6.07 Å². The minimum Gasteiger partial charge on any atom is -0.486 e. The molecule has 2 atom stereocenters. The first-order valence-corrected chi connectivity index (χ1v) is 12.1.